The van der Waals surface area contributed by atoms with Crippen LogP contribution in [0.3, 0.4) is 0 Å². The number of fused-ring (bicyclic) bond motifs is 1. The lowest BCUT2D eigenvalue weighted by molar-refractivity contribution is -0.134. The lowest BCUT2D eigenvalue weighted by Gasteiger charge is -2.04. The number of nitrogens with one attached hydrogen (secondary N) is 1. The second kappa shape index (κ2) is 7.35. The van der Waals surface area contributed by atoms with E-state index >= 15 is 0 Å². The van der Waals surface area contributed by atoms with E-state index in [2.05, 4.69) is 4.98 Å². The number of carboxylic acid groups (broad SMARTS) is 1. The molecule has 0 saturated heterocycles. The average molecular weight is 353 g/mol. The van der Waals surface area contributed by atoms with Gasteiger partial charge in [-0.2, -0.15) is 0 Å². The summed E-state index contributed by atoms with van der Waals surface area (Å²) in [6, 6.07) is 13.2. The summed E-state index contributed by atoms with van der Waals surface area (Å²) in [5.74, 6) is -0.833. The van der Waals surface area contributed by atoms with Crippen molar-refractivity contribution < 1.29 is 9.90 Å². The van der Waals surface area contributed by atoms with E-state index in [4.69, 9.17) is 33.1 Å². The molecule has 2 aromatic carbocycles. The Morgan fingerprint density at radius 2 is 1.74 bits per heavy atom. The van der Waals surface area contributed by atoms with Crippen molar-refractivity contribution in [3.63, 3.8) is 0 Å². The Morgan fingerprint density at radius 3 is 2.35 bits per heavy atom. The predicted octanol–water partition coefficient (Wildman–Crippen LogP) is 3.78. The van der Waals surface area contributed by atoms with Gasteiger partial charge < -0.3 is 10.1 Å². The van der Waals surface area contributed by atoms with Crippen LogP contribution in [0.5, 0.6) is 0 Å². The van der Waals surface area contributed by atoms with Crippen molar-refractivity contribution in [2.45, 2.75) is 13.5 Å². The molecule has 3 rings (SSSR count). The van der Waals surface area contributed by atoms with Gasteiger partial charge in [-0.25, -0.2) is 4.79 Å². The molecule has 0 fully saturated rings. The molecule has 7 heteroatoms. The highest BCUT2D eigenvalue weighted by molar-refractivity contribution is 6.42. The first-order valence-electron chi connectivity index (χ1n) is 6.69. The lowest BCUT2D eigenvalue weighted by Crippen LogP contribution is -2.17. The Bertz CT molecular complexity index is 881. The van der Waals surface area contributed by atoms with Gasteiger partial charge >= 0.3 is 5.69 Å². The van der Waals surface area contributed by atoms with Crippen LogP contribution in [0.1, 0.15) is 12.5 Å². The number of hydrogen-bond acceptors (Lipinski definition) is 2. The molecule has 0 amide bonds. The second-order valence-electron chi connectivity index (χ2n) is 4.80. The van der Waals surface area contributed by atoms with Crippen molar-refractivity contribution in [2.75, 3.05) is 0 Å². The molecule has 0 atom stereocenters. The Hall–Kier alpha value is -2.24. The maximum Gasteiger partial charge on any atom is 0.326 e. The molecule has 5 nitrogen and oxygen atoms in total. The van der Waals surface area contributed by atoms with E-state index in [-0.39, 0.29) is 5.69 Å². The van der Waals surface area contributed by atoms with Gasteiger partial charge in [-0.3, -0.25) is 9.36 Å². The smallest absolute Gasteiger partial charge is 0.326 e. The highest BCUT2D eigenvalue weighted by Crippen LogP contribution is 2.26. The molecule has 0 aliphatic rings. The average Bonchev–Trinajstić information content (AvgIpc) is 2.76. The minimum Gasteiger partial charge on any atom is -0.481 e. The van der Waals surface area contributed by atoms with Gasteiger partial charge in [0, 0.05) is 6.92 Å². The fourth-order valence-electron chi connectivity index (χ4n) is 2.07. The molecule has 1 heterocycles. The van der Waals surface area contributed by atoms with Gasteiger partial charge in [0.15, 0.2) is 0 Å². The number of aromatic nitrogens is 2. The molecule has 0 aliphatic carbocycles. The first-order valence-corrected chi connectivity index (χ1v) is 7.45. The van der Waals surface area contributed by atoms with Gasteiger partial charge in [-0.1, -0.05) is 53.5 Å². The maximum absolute atomic E-state index is 12.0. The molecular formula is C16H14Cl2N2O3. The number of nitrogens with zero attached hydrogens (tertiary/aromatic N) is 1. The lowest BCUT2D eigenvalue weighted by atomic mass is 10.2. The van der Waals surface area contributed by atoms with E-state index in [0.29, 0.717) is 22.1 Å². The number of carboxylic acids is 1. The van der Waals surface area contributed by atoms with Gasteiger partial charge in [0.2, 0.25) is 0 Å². The SMILES string of the molecule is CC(=O)O.O=c1[nH]c2cc(Cl)c(Cl)cc2n1Cc1ccccc1. The highest BCUT2D eigenvalue weighted by atomic mass is 35.5. The third kappa shape index (κ3) is 4.37. The van der Waals surface area contributed by atoms with E-state index < -0.39 is 5.97 Å². The van der Waals surface area contributed by atoms with Crippen LogP contribution < -0.4 is 5.69 Å². The first-order chi connectivity index (χ1) is 10.9. The molecule has 1 aromatic heterocycles. The molecule has 2 N–H and O–H groups in total. The standard InChI is InChI=1S/C14H10Cl2N2O.C2H4O2/c15-10-6-12-13(7-11(10)16)18(14(19)17-12)8-9-4-2-1-3-5-9;1-2(3)4/h1-7H,8H2,(H,17,19);1H3,(H,3,4). The Balaban J connectivity index is 0.000000433. The molecule has 0 saturated carbocycles. The molecule has 120 valence electrons. The maximum atomic E-state index is 12.0. The van der Waals surface area contributed by atoms with Crippen LogP contribution in [0.25, 0.3) is 11.0 Å². The molecule has 23 heavy (non-hydrogen) atoms. The minimum absolute atomic E-state index is 0.169. The fraction of sp³-hybridized carbons (Fsp3) is 0.125. The summed E-state index contributed by atoms with van der Waals surface area (Å²) in [4.78, 5) is 23.8. The van der Waals surface area contributed by atoms with Crippen molar-refractivity contribution in [2.24, 2.45) is 0 Å². The quantitative estimate of drug-likeness (QED) is 0.736. The van der Waals surface area contributed by atoms with Crippen molar-refractivity contribution in [3.8, 4) is 0 Å². The summed E-state index contributed by atoms with van der Waals surface area (Å²) in [5.41, 5.74) is 2.33. The largest absolute Gasteiger partial charge is 0.481 e. The molecule has 0 aliphatic heterocycles. The summed E-state index contributed by atoms with van der Waals surface area (Å²) >= 11 is 12.0. The van der Waals surface area contributed by atoms with Crippen molar-refractivity contribution in [1.29, 1.82) is 0 Å². The van der Waals surface area contributed by atoms with Gasteiger partial charge in [0.25, 0.3) is 5.97 Å². The third-order valence-corrected chi connectivity index (χ3v) is 3.72. The number of imidazole rings is 1. The topological polar surface area (TPSA) is 75.1 Å². The van der Waals surface area contributed by atoms with Crippen LogP contribution in [-0.2, 0) is 11.3 Å². The van der Waals surface area contributed by atoms with E-state index in [1.165, 1.54) is 0 Å². The zero-order valence-electron chi connectivity index (χ0n) is 12.2. The monoisotopic (exact) mass is 352 g/mol. The Kier molecular flexibility index (Phi) is 5.47. The van der Waals surface area contributed by atoms with E-state index in [0.717, 1.165) is 18.0 Å². The van der Waals surface area contributed by atoms with Crippen LogP contribution in [0.15, 0.2) is 47.3 Å². The number of rotatable bonds is 2. The molecule has 3 aromatic rings. The number of halogens is 2. The van der Waals surface area contributed by atoms with Gasteiger partial charge in [0.05, 0.1) is 27.6 Å². The molecular weight excluding hydrogens is 339 g/mol. The zero-order chi connectivity index (χ0) is 17.0. The van der Waals surface area contributed by atoms with Crippen LogP contribution in [0.4, 0.5) is 0 Å². The number of H-pyrrole nitrogens is 1. The summed E-state index contributed by atoms with van der Waals surface area (Å²) < 4.78 is 1.65. The summed E-state index contributed by atoms with van der Waals surface area (Å²) in [7, 11) is 0. The zero-order valence-corrected chi connectivity index (χ0v) is 13.7. The van der Waals surface area contributed by atoms with Gasteiger partial charge in [0.1, 0.15) is 0 Å². The normalized spacial score (nSPS) is 10.2. The number of aliphatic carboxylic acids is 1. The molecule has 0 radical (unpaired) electrons. The van der Waals surface area contributed by atoms with Gasteiger partial charge in [-0.05, 0) is 17.7 Å². The third-order valence-electron chi connectivity index (χ3n) is 3.00. The van der Waals surface area contributed by atoms with Crippen molar-refractivity contribution in [3.05, 3.63) is 68.6 Å². The van der Waals surface area contributed by atoms with E-state index in [1.807, 2.05) is 30.3 Å². The van der Waals surface area contributed by atoms with Gasteiger partial charge in [-0.15, -0.1) is 0 Å². The Morgan fingerprint density at radius 1 is 1.17 bits per heavy atom. The van der Waals surface area contributed by atoms with Crippen LogP contribution >= 0.6 is 23.2 Å². The molecule has 0 bridgehead atoms. The second-order valence-corrected chi connectivity index (χ2v) is 5.62. The minimum atomic E-state index is -0.833. The van der Waals surface area contributed by atoms with Crippen LogP contribution in [0, 0.1) is 0 Å². The van der Waals surface area contributed by atoms with Crippen molar-refractivity contribution >= 4 is 40.2 Å². The van der Waals surface area contributed by atoms with Crippen LogP contribution in [0.2, 0.25) is 10.0 Å². The molecule has 0 unspecified atom stereocenters. The van der Waals surface area contributed by atoms with Crippen LogP contribution in [-0.4, -0.2) is 20.6 Å². The Labute approximate surface area is 142 Å². The number of carbonyl (C=O) groups is 1. The molecule has 0 spiro atoms. The number of hydrogen-bond donors (Lipinski definition) is 2. The van der Waals surface area contributed by atoms with Crippen molar-refractivity contribution in [1.82, 2.24) is 9.55 Å². The number of aromatic amines is 1. The van der Waals surface area contributed by atoms with E-state index in [1.54, 1.807) is 16.7 Å². The first kappa shape index (κ1) is 17.1. The van der Waals surface area contributed by atoms with E-state index in [9.17, 15) is 4.79 Å². The summed E-state index contributed by atoms with van der Waals surface area (Å²) in [6.07, 6.45) is 0. The summed E-state index contributed by atoms with van der Waals surface area (Å²) in [6.45, 7) is 1.58. The predicted molar refractivity (Wildman–Crippen MR) is 91.4 cm³/mol. The highest BCUT2D eigenvalue weighted by Gasteiger charge is 2.10. The fourth-order valence-corrected chi connectivity index (χ4v) is 2.40. The number of benzene rings is 2. The summed E-state index contributed by atoms with van der Waals surface area (Å²) in [5, 5.41) is 8.29.